The maximum absolute atomic E-state index is 12.8. The summed E-state index contributed by atoms with van der Waals surface area (Å²) in [6, 6.07) is 0. The van der Waals surface area contributed by atoms with Gasteiger partial charge in [0, 0.05) is 6.54 Å². The number of hydrogen-bond donors (Lipinski definition) is 1. The number of hydrogen-bond acceptors (Lipinski definition) is 2. The first-order valence-corrected chi connectivity index (χ1v) is 8.63. The van der Waals surface area contributed by atoms with Crippen LogP contribution in [0.3, 0.4) is 0 Å². The number of piperazine rings is 1. The minimum atomic E-state index is -0.629. The molecule has 0 aromatic carbocycles. The molecule has 1 saturated heterocycles. The van der Waals surface area contributed by atoms with Crippen molar-refractivity contribution < 1.29 is 9.59 Å². The number of nitrogens with zero attached hydrogens (tertiary/aromatic N) is 1. The molecule has 3 aliphatic rings. The van der Waals surface area contributed by atoms with Crippen LogP contribution in [0.15, 0.2) is 0 Å². The summed E-state index contributed by atoms with van der Waals surface area (Å²) in [5, 5.41) is 2.96. The van der Waals surface area contributed by atoms with Crippen LogP contribution in [-0.4, -0.2) is 35.3 Å². The van der Waals surface area contributed by atoms with Gasteiger partial charge in [-0.1, -0.05) is 26.2 Å². The molecule has 1 heterocycles. The Labute approximate surface area is 127 Å². The first-order chi connectivity index (χ1) is 10.0. The van der Waals surface area contributed by atoms with Crippen molar-refractivity contribution in [3.05, 3.63) is 0 Å². The van der Waals surface area contributed by atoms with Crippen molar-refractivity contribution in [2.45, 2.75) is 64.3 Å². The quantitative estimate of drug-likeness (QED) is 0.864. The monoisotopic (exact) mass is 292 g/mol. The van der Waals surface area contributed by atoms with E-state index < -0.39 is 5.54 Å². The van der Waals surface area contributed by atoms with Gasteiger partial charge in [-0.3, -0.25) is 9.59 Å². The molecule has 2 amide bonds. The average Bonchev–Trinajstić information content (AvgIpc) is 3.30. The predicted octanol–water partition coefficient (Wildman–Crippen LogP) is 2.33. The van der Waals surface area contributed by atoms with Gasteiger partial charge in [0.25, 0.3) is 0 Å². The van der Waals surface area contributed by atoms with E-state index in [0.717, 1.165) is 25.3 Å². The number of rotatable bonds is 4. The maximum Gasteiger partial charge on any atom is 0.248 e. The zero-order valence-electron chi connectivity index (χ0n) is 13.4. The summed E-state index contributed by atoms with van der Waals surface area (Å²) < 4.78 is 0. The Balaban J connectivity index is 1.62. The number of carbonyl (C=O) groups excluding carboxylic acids is 2. The Morgan fingerprint density at radius 3 is 2.29 bits per heavy atom. The van der Waals surface area contributed by atoms with Gasteiger partial charge in [0.15, 0.2) is 0 Å². The Morgan fingerprint density at radius 2 is 1.71 bits per heavy atom. The predicted molar refractivity (Wildman–Crippen MR) is 81.6 cm³/mol. The van der Waals surface area contributed by atoms with Crippen molar-refractivity contribution in [1.82, 2.24) is 10.2 Å². The zero-order chi connectivity index (χ0) is 15.0. The summed E-state index contributed by atoms with van der Waals surface area (Å²) in [5.74, 6) is 1.99. The smallest absolute Gasteiger partial charge is 0.248 e. The van der Waals surface area contributed by atoms with E-state index >= 15 is 0 Å². The highest BCUT2D eigenvalue weighted by Crippen LogP contribution is 2.42. The highest BCUT2D eigenvalue weighted by atomic mass is 16.2. The molecule has 3 fully saturated rings. The summed E-state index contributed by atoms with van der Waals surface area (Å²) >= 11 is 0. The van der Waals surface area contributed by atoms with Crippen molar-refractivity contribution in [2.24, 2.45) is 17.8 Å². The Kier molecular flexibility index (Phi) is 3.98. The van der Waals surface area contributed by atoms with Gasteiger partial charge in [0.05, 0.1) is 6.54 Å². The second-order valence-electron chi connectivity index (χ2n) is 7.51. The van der Waals surface area contributed by atoms with Crippen LogP contribution in [0.25, 0.3) is 0 Å². The minimum absolute atomic E-state index is 0.0197. The molecule has 0 radical (unpaired) electrons. The van der Waals surface area contributed by atoms with Crippen LogP contribution in [0.4, 0.5) is 0 Å². The van der Waals surface area contributed by atoms with Gasteiger partial charge in [-0.2, -0.15) is 0 Å². The molecule has 21 heavy (non-hydrogen) atoms. The SMILES string of the molecule is CCC1CCC(CN2CC(=O)NC(C)(C3CC3)C2=O)CC1. The maximum atomic E-state index is 12.8. The van der Waals surface area contributed by atoms with Gasteiger partial charge < -0.3 is 10.2 Å². The first-order valence-electron chi connectivity index (χ1n) is 8.63. The van der Waals surface area contributed by atoms with E-state index in [-0.39, 0.29) is 18.4 Å². The van der Waals surface area contributed by atoms with Crippen molar-refractivity contribution in [2.75, 3.05) is 13.1 Å². The lowest BCUT2D eigenvalue weighted by Gasteiger charge is -2.42. The normalized spacial score (nSPS) is 37.5. The van der Waals surface area contributed by atoms with Crippen molar-refractivity contribution in [1.29, 1.82) is 0 Å². The minimum Gasteiger partial charge on any atom is -0.340 e. The van der Waals surface area contributed by atoms with Crippen molar-refractivity contribution in [3.63, 3.8) is 0 Å². The summed E-state index contributed by atoms with van der Waals surface area (Å²) in [7, 11) is 0. The standard InChI is InChI=1S/C17H28N2O2/c1-3-12-4-6-13(7-5-12)10-19-11-15(20)18-17(2,16(19)21)14-8-9-14/h12-14H,3-11H2,1-2H3,(H,18,20). The van der Waals surface area contributed by atoms with E-state index in [2.05, 4.69) is 12.2 Å². The molecule has 118 valence electrons. The zero-order valence-corrected chi connectivity index (χ0v) is 13.4. The molecule has 2 aliphatic carbocycles. The second kappa shape index (κ2) is 5.62. The molecule has 1 unspecified atom stereocenters. The second-order valence-corrected chi connectivity index (χ2v) is 7.51. The van der Waals surface area contributed by atoms with Crippen LogP contribution in [0.2, 0.25) is 0 Å². The Hall–Kier alpha value is -1.06. The van der Waals surface area contributed by atoms with E-state index in [1.165, 1.54) is 32.1 Å². The summed E-state index contributed by atoms with van der Waals surface area (Å²) in [5.41, 5.74) is -0.629. The van der Waals surface area contributed by atoms with Gasteiger partial charge in [-0.15, -0.1) is 0 Å². The van der Waals surface area contributed by atoms with E-state index in [1.807, 2.05) is 11.8 Å². The van der Waals surface area contributed by atoms with Crippen molar-refractivity contribution >= 4 is 11.8 Å². The molecule has 0 aromatic heterocycles. The van der Waals surface area contributed by atoms with E-state index in [9.17, 15) is 9.59 Å². The van der Waals surface area contributed by atoms with Gasteiger partial charge in [-0.05, 0) is 50.4 Å². The van der Waals surface area contributed by atoms with Crippen LogP contribution >= 0.6 is 0 Å². The highest BCUT2D eigenvalue weighted by Gasteiger charge is 2.52. The molecule has 3 rings (SSSR count). The first kappa shape index (κ1) is 14.9. The van der Waals surface area contributed by atoms with Crippen LogP contribution < -0.4 is 5.32 Å². The molecule has 4 heteroatoms. The van der Waals surface area contributed by atoms with Crippen molar-refractivity contribution in [3.8, 4) is 0 Å². The van der Waals surface area contributed by atoms with Gasteiger partial charge >= 0.3 is 0 Å². The third kappa shape index (κ3) is 2.95. The number of amides is 2. The molecule has 0 aromatic rings. The van der Waals surface area contributed by atoms with E-state index in [0.29, 0.717) is 11.8 Å². The molecule has 0 bridgehead atoms. The Morgan fingerprint density at radius 1 is 1.10 bits per heavy atom. The third-order valence-corrected chi connectivity index (χ3v) is 5.88. The third-order valence-electron chi connectivity index (χ3n) is 5.88. The summed E-state index contributed by atoms with van der Waals surface area (Å²) in [6.07, 6.45) is 8.41. The number of carbonyl (C=O) groups is 2. The van der Waals surface area contributed by atoms with Gasteiger partial charge in [0.2, 0.25) is 11.8 Å². The largest absolute Gasteiger partial charge is 0.340 e. The molecular weight excluding hydrogens is 264 g/mol. The average molecular weight is 292 g/mol. The Bertz CT molecular complexity index is 425. The molecule has 2 saturated carbocycles. The lowest BCUT2D eigenvalue weighted by Crippen LogP contribution is -2.66. The number of nitrogens with one attached hydrogen (secondary N) is 1. The van der Waals surface area contributed by atoms with Crippen LogP contribution in [0.5, 0.6) is 0 Å². The molecule has 4 nitrogen and oxygen atoms in total. The highest BCUT2D eigenvalue weighted by molar-refractivity contribution is 5.98. The van der Waals surface area contributed by atoms with Gasteiger partial charge in [0.1, 0.15) is 5.54 Å². The molecule has 1 aliphatic heterocycles. The lowest BCUT2D eigenvalue weighted by molar-refractivity contribution is -0.151. The molecule has 1 atom stereocenters. The summed E-state index contributed by atoms with van der Waals surface area (Å²) in [4.78, 5) is 26.6. The fourth-order valence-corrected chi connectivity index (χ4v) is 4.18. The van der Waals surface area contributed by atoms with Gasteiger partial charge in [-0.25, -0.2) is 0 Å². The fraction of sp³-hybridized carbons (Fsp3) is 0.882. The molecular formula is C17H28N2O2. The lowest BCUT2D eigenvalue weighted by atomic mass is 9.80. The topological polar surface area (TPSA) is 49.4 Å². The summed E-state index contributed by atoms with van der Waals surface area (Å²) in [6.45, 7) is 5.23. The van der Waals surface area contributed by atoms with Crippen LogP contribution in [0, 0.1) is 17.8 Å². The molecule has 0 spiro atoms. The molecule has 1 N–H and O–H groups in total. The fourth-order valence-electron chi connectivity index (χ4n) is 4.18. The van der Waals surface area contributed by atoms with E-state index in [1.54, 1.807) is 0 Å². The van der Waals surface area contributed by atoms with E-state index in [4.69, 9.17) is 0 Å². The van der Waals surface area contributed by atoms with Crippen LogP contribution in [-0.2, 0) is 9.59 Å². The van der Waals surface area contributed by atoms with Crippen LogP contribution in [0.1, 0.15) is 58.8 Å².